The van der Waals surface area contributed by atoms with Crippen molar-refractivity contribution in [2.45, 2.75) is 32.9 Å². The molecule has 0 amide bonds. The van der Waals surface area contributed by atoms with Crippen LogP contribution < -0.4 is 5.32 Å². The summed E-state index contributed by atoms with van der Waals surface area (Å²) >= 11 is 3.48. The van der Waals surface area contributed by atoms with E-state index in [0.717, 1.165) is 29.2 Å². The zero-order valence-corrected chi connectivity index (χ0v) is 13.6. The summed E-state index contributed by atoms with van der Waals surface area (Å²) < 4.78 is 29.7. The molecule has 1 atom stereocenters. The van der Waals surface area contributed by atoms with Crippen molar-refractivity contribution in [1.82, 2.24) is 15.1 Å². The van der Waals surface area contributed by atoms with Crippen molar-refractivity contribution >= 4 is 15.9 Å². The number of hydrogen-bond acceptors (Lipinski definition) is 2. The van der Waals surface area contributed by atoms with Crippen molar-refractivity contribution < 1.29 is 8.78 Å². The van der Waals surface area contributed by atoms with Crippen molar-refractivity contribution in [2.24, 2.45) is 0 Å². The Morgan fingerprint density at radius 2 is 1.90 bits per heavy atom. The molecule has 0 aliphatic carbocycles. The number of nitrogens with zero attached hydrogens (tertiary/aromatic N) is 2. The van der Waals surface area contributed by atoms with E-state index < -0.39 is 11.6 Å². The zero-order valence-electron chi connectivity index (χ0n) is 12.0. The minimum Gasteiger partial charge on any atom is -0.305 e. The average Bonchev–Trinajstić information content (AvgIpc) is 2.77. The molecular formula is C15H18BrF2N3. The lowest BCUT2D eigenvalue weighted by Gasteiger charge is -2.21. The molecule has 21 heavy (non-hydrogen) atoms. The van der Waals surface area contributed by atoms with Gasteiger partial charge in [-0.15, -0.1) is 0 Å². The second-order valence-electron chi connectivity index (χ2n) is 4.79. The maximum atomic E-state index is 13.5. The third-order valence-corrected chi connectivity index (χ3v) is 3.78. The summed E-state index contributed by atoms with van der Waals surface area (Å²) in [5.41, 5.74) is 1.43. The fraction of sp³-hybridized carbons (Fsp3) is 0.400. The standard InChI is InChI=1S/C15H18BrF2N3/c1-3-5-21-15(13(16)9-20-21)14(19-4-2)10-6-11(17)8-12(18)7-10/h6-9,14,19H,3-5H2,1-2H3. The maximum absolute atomic E-state index is 13.5. The minimum absolute atomic E-state index is 0.316. The van der Waals surface area contributed by atoms with Crippen LogP contribution in [0.2, 0.25) is 0 Å². The van der Waals surface area contributed by atoms with Crippen molar-refractivity contribution in [1.29, 1.82) is 0 Å². The summed E-state index contributed by atoms with van der Waals surface area (Å²) in [5, 5.41) is 7.59. The number of nitrogens with one attached hydrogen (secondary N) is 1. The van der Waals surface area contributed by atoms with Gasteiger partial charge in [0.15, 0.2) is 0 Å². The van der Waals surface area contributed by atoms with E-state index in [-0.39, 0.29) is 6.04 Å². The van der Waals surface area contributed by atoms with Crippen LogP contribution in [0.15, 0.2) is 28.9 Å². The molecular weight excluding hydrogens is 340 g/mol. The zero-order chi connectivity index (χ0) is 15.4. The number of halogens is 3. The van der Waals surface area contributed by atoms with Gasteiger partial charge < -0.3 is 5.32 Å². The number of aryl methyl sites for hydroxylation is 1. The van der Waals surface area contributed by atoms with Gasteiger partial charge in [0, 0.05) is 12.6 Å². The van der Waals surface area contributed by atoms with Crippen molar-refractivity contribution in [3.63, 3.8) is 0 Å². The molecule has 114 valence electrons. The molecule has 3 nitrogen and oxygen atoms in total. The average molecular weight is 358 g/mol. The number of benzene rings is 1. The summed E-state index contributed by atoms with van der Waals surface area (Å²) in [6.07, 6.45) is 2.64. The van der Waals surface area contributed by atoms with Crippen LogP contribution in [-0.4, -0.2) is 16.3 Å². The van der Waals surface area contributed by atoms with E-state index in [2.05, 4.69) is 33.3 Å². The highest BCUT2D eigenvalue weighted by Crippen LogP contribution is 2.29. The van der Waals surface area contributed by atoms with E-state index in [1.165, 1.54) is 12.1 Å². The molecule has 1 unspecified atom stereocenters. The number of rotatable bonds is 6. The Hall–Kier alpha value is -1.27. The van der Waals surface area contributed by atoms with E-state index in [4.69, 9.17) is 0 Å². The fourth-order valence-corrected chi connectivity index (χ4v) is 2.89. The van der Waals surface area contributed by atoms with Crippen molar-refractivity contribution in [2.75, 3.05) is 6.54 Å². The van der Waals surface area contributed by atoms with Gasteiger partial charge >= 0.3 is 0 Å². The molecule has 0 aliphatic heterocycles. The molecule has 0 saturated heterocycles. The Labute approximate surface area is 131 Å². The minimum atomic E-state index is -0.578. The lowest BCUT2D eigenvalue weighted by Crippen LogP contribution is -2.25. The molecule has 0 saturated carbocycles. The molecule has 1 N–H and O–H groups in total. The Balaban J connectivity index is 2.50. The topological polar surface area (TPSA) is 29.9 Å². The van der Waals surface area contributed by atoms with Gasteiger partial charge in [-0.1, -0.05) is 13.8 Å². The van der Waals surface area contributed by atoms with E-state index in [9.17, 15) is 8.78 Å². The molecule has 0 bridgehead atoms. The van der Waals surface area contributed by atoms with Crippen molar-refractivity contribution in [3.05, 3.63) is 51.8 Å². The van der Waals surface area contributed by atoms with Crippen LogP contribution in [0.25, 0.3) is 0 Å². The number of hydrogen-bond donors (Lipinski definition) is 1. The molecule has 0 fully saturated rings. The van der Waals surface area contributed by atoms with Gasteiger partial charge in [0.2, 0.25) is 0 Å². The second kappa shape index (κ2) is 7.13. The van der Waals surface area contributed by atoms with Gasteiger partial charge in [0.1, 0.15) is 11.6 Å². The highest BCUT2D eigenvalue weighted by Gasteiger charge is 2.22. The third kappa shape index (κ3) is 3.68. The van der Waals surface area contributed by atoms with Gasteiger partial charge in [-0.2, -0.15) is 5.10 Å². The fourth-order valence-electron chi connectivity index (χ4n) is 2.37. The first-order chi connectivity index (χ1) is 10.1. The molecule has 2 rings (SSSR count). The predicted octanol–water partition coefficient (Wildman–Crippen LogP) is 4.03. The molecule has 6 heteroatoms. The Kier molecular flexibility index (Phi) is 5.47. The Morgan fingerprint density at radius 3 is 2.48 bits per heavy atom. The largest absolute Gasteiger partial charge is 0.305 e. The van der Waals surface area contributed by atoms with Crippen LogP contribution in [0.1, 0.15) is 37.6 Å². The van der Waals surface area contributed by atoms with Gasteiger partial charge in [-0.3, -0.25) is 4.68 Å². The van der Waals surface area contributed by atoms with Crippen molar-refractivity contribution in [3.8, 4) is 0 Å². The molecule has 0 spiro atoms. The molecule has 1 heterocycles. The van der Waals surface area contributed by atoms with E-state index in [1.807, 2.05) is 11.6 Å². The van der Waals surface area contributed by atoms with E-state index in [1.54, 1.807) is 6.20 Å². The first kappa shape index (κ1) is 16.1. The van der Waals surface area contributed by atoms with Crippen LogP contribution in [0.5, 0.6) is 0 Å². The van der Waals surface area contributed by atoms with Gasteiger partial charge in [0.25, 0.3) is 0 Å². The summed E-state index contributed by atoms with van der Waals surface area (Å²) in [6.45, 7) is 5.44. The van der Waals surface area contributed by atoms with Crippen LogP contribution in [0, 0.1) is 11.6 Å². The second-order valence-corrected chi connectivity index (χ2v) is 5.65. The molecule has 2 aromatic rings. The summed E-state index contributed by atoms with van der Waals surface area (Å²) in [7, 11) is 0. The van der Waals surface area contributed by atoms with Gasteiger partial charge in [0.05, 0.1) is 22.4 Å². The molecule has 0 aliphatic rings. The lowest BCUT2D eigenvalue weighted by atomic mass is 10.0. The van der Waals surface area contributed by atoms with Crippen LogP contribution >= 0.6 is 15.9 Å². The smallest absolute Gasteiger partial charge is 0.126 e. The summed E-state index contributed by atoms with van der Waals surface area (Å²) in [6, 6.07) is 3.27. The number of aromatic nitrogens is 2. The van der Waals surface area contributed by atoms with Crippen LogP contribution in [0.3, 0.4) is 0 Å². The van der Waals surface area contributed by atoms with Gasteiger partial charge in [-0.25, -0.2) is 8.78 Å². The highest BCUT2D eigenvalue weighted by atomic mass is 79.9. The monoisotopic (exact) mass is 357 g/mol. The molecule has 1 aromatic heterocycles. The molecule has 0 radical (unpaired) electrons. The summed E-state index contributed by atoms with van der Waals surface area (Å²) in [5.74, 6) is -1.16. The Bertz CT molecular complexity index is 593. The maximum Gasteiger partial charge on any atom is 0.126 e. The third-order valence-electron chi connectivity index (χ3n) is 3.17. The quantitative estimate of drug-likeness (QED) is 0.845. The normalized spacial score (nSPS) is 12.6. The van der Waals surface area contributed by atoms with Gasteiger partial charge in [-0.05, 0) is 46.6 Å². The van der Waals surface area contributed by atoms with E-state index in [0.29, 0.717) is 12.1 Å². The first-order valence-corrected chi connectivity index (χ1v) is 7.76. The van der Waals surface area contributed by atoms with Crippen LogP contribution in [-0.2, 0) is 6.54 Å². The SMILES string of the molecule is CCCn1ncc(Br)c1C(NCC)c1cc(F)cc(F)c1. The van der Waals surface area contributed by atoms with E-state index >= 15 is 0 Å². The molecule has 1 aromatic carbocycles. The highest BCUT2D eigenvalue weighted by molar-refractivity contribution is 9.10. The first-order valence-electron chi connectivity index (χ1n) is 6.97. The summed E-state index contributed by atoms with van der Waals surface area (Å²) in [4.78, 5) is 0. The van der Waals surface area contributed by atoms with Crippen LogP contribution in [0.4, 0.5) is 8.78 Å². The Morgan fingerprint density at radius 1 is 1.24 bits per heavy atom. The lowest BCUT2D eigenvalue weighted by molar-refractivity contribution is 0.512. The predicted molar refractivity (Wildman–Crippen MR) is 82.1 cm³/mol.